The van der Waals surface area contributed by atoms with E-state index in [1.807, 2.05) is 0 Å². The molecule has 0 spiro atoms. The molecular weight excluding hydrogens is 334 g/mol. The number of hydrogen-bond acceptors (Lipinski definition) is 6. The largest absolute Gasteiger partial charge is 0.506 e. The molecule has 0 radical (unpaired) electrons. The second-order valence-electron chi connectivity index (χ2n) is 5.63. The maximum Gasteiger partial charge on any atom is 0.306 e. The molecule has 6 nitrogen and oxygen atoms in total. The van der Waals surface area contributed by atoms with Crippen LogP contribution >= 0.6 is 0 Å². The maximum atomic E-state index is 11.7. The Bertz CT molecular complexity index is 712. The average molecular weight is 357 g/mol. The number of carbonyl (C=O) groups excluding carboxylic acids is 2. The lowest BCUT2D eigenvalue weighted by molar-refractivity contribution is -0.146. The quantitative estimate of drug-likeness (QED) is 0.394. The van der Waals surface area contributed by atoms with Crippen LogP contribution in [0, 0.1) is 31.6 Å². The number of rotatable bonds is 10. The summed E-state index contributed by atoms with van der Waals surface area (Å²) in [7, 11) is 0. The molecule has 1 aromatic rings. The Kier molecular flexibility index (Phi) is 9.35. The topological polar surface area (TPSA) is 85.7 Å². The van der Waals surface area contributed by atoms with Crippen molar-refractivity contribution in [3.63, 3.8) is 0 Å². The van der Waals surface area contributed by atoms with Crippen LogP contribution in [0.5, 0.6) is 5.75 Å². The summed E-state index contributed by atoms with van der Waals surface area (Å²) in [5, 5.41) is 10.2. The van der Waals surface area contributed by atoms with Crippen LogP contribution < -0.4 is 0 Å². The number of unbranched alkanes of at least 4 members (excludes halogenated alkanes) is 2. The third-order valence-corrected chi connectivity index (χ3v) is 3.60. The zero-order chi connectivity index (χ0) is 19.4. The monoisotopic (exact) mass is 357 g/mol. The van der Waals surface area contributed by atoms with Crippen molar-refractivity contribution in [1.82, 2.24) is 4.98 Å². The van der Waals surface area contributed by atoms with E-state index >= 15 is 0 Å². The van der Waals surface area contributed by atoms with E-state index in [4.69, 9.17) is 22.3 Å². The van der Waals surface area contributed by atoms with Gasteiger partial charge in [-0.1, -0.05) is 0 Å². The van der Waals surface area contributed by atoms with E-state index in [-0.39, 0.29) is 31.8 Å². The summed E-state index contributed by atoms with van der Waals surface area (Å²) in [6.07, 6.45) is 14.3. The number of aryl methyl sites for hydroxylation is 1. The van der Waals surface area contributed by atoms with Crippen LogP contribution in [0.2, 0.25) is 0 Å². The highest BCUT2D eigenvalue weighted by Crippen LogP contribution is 2.25. The Hall–Kier alpha value is -2.99. The van der Waals surface area contributed by atoms with E-state index in [9.17, 15) is 14.7 Å². The number of pyridine rings is 1. The molecule has 1 aromatic heterocycles. The first-order chi connectivity index (χ1) is 12.5. The summed E-state index contributed by atoms with van der Waals surface area (Å²) in [4.78, 5) is 27.5. The third kappa shape index (κ3) is 7.27. The molecule has 0 fully saturated rings. The molecule has 0 unspecified atom stereocenters. The lowest BCUT2D eigenvalue weighted by Crippen LogP contribution is -2.10. The van der Waals surface area contributed by atoms with Gasteiger partial charge in [-0.05, 0) is 19.8 Å². The van der Waals surface area contributed by atoms with E-state index in [0.29, 0.717) is 42.5 Å². The third-order valence-electron chi connectivity index (χ3n) is 3.60. The van der Waals surface area contributed by atoms with Crippen LogP contribution in [0.1, 0.15) is 55.3 Å². The summed E-state index contributed by atoms with van der Waals surface area (Å²) in [5.41, 5.74) is 1.25. The molecule has 6 heteroatoms. The molecule has 0 saturated carbocycles. The molecule has 0 bridgehead atoms. The van der Waals surface area contributed by atoms with E-state index in [0.717, 1.165) is 0 Å². The number of esters is 2. The van der Waals surface area contributed by atoms with Gasteiger partial charge in [-0.25, -0.2) is 0 Å². The Morgan fingerprint density at radius 2 is 1.62 bits per heavy atom. The minimum Gasteiger partial charge on any atom is -0.506 e. The fourth-order valence-corrected chi connectivity index (χ4v) is 2.09. The first-order valence-electron chi connectivity index (χ1n) is 8.34. The number of aromatic nitrogens is 1. The minimum atomic E-state index is -0.411. The first-order valence-corrected chi connectivity index (χ1v) is 8.34. The summed E-state index contributed by atoms with van der Waals surface area (Å²) < 4.78 is 10.4. The molecule has 1 heterocycles. The molecule has 1 N–H and O–H groups in total. The van der Waals surface area contributed by atoms with Gasteiger partial charge in [0.05, 0.1) is 5.69 Å². The van der Waals surface area contributed by atoms with Crippen LogP contribution in [-0.2, 0) is 32.3 Å². The zero-order valence-electron chi connectivity index (χ0n) is 14.9. The predicted molar refractivity (Wildman–Crippen MR) is 95.6 cm³/mol. The predicted octanol–water partition coefficient (Wildman–Crippen LogP) is 2.79. The lowest BCUT2D eigenvalue weighted by Gasteiger charge is -2.13. The van der Waals surface area contributed by atoms with Crippen molar-refractivity contribution < 1.29 is 24.2 Å². The zero-order valence-corrected chi connectivity index (χ0v) is 14.9. The Labute approximate surface area is 153 Å². The maximum absolute atomic E-state index is 11.7. The fraction of sp³-hybridized carbons (Fsp3) is 0.450. The molecule has 0 aliphatic carbocycles. The van der Waals surface area contributed by atoms with Gasteiger partial charge in [-0.3, -0.25) is 14.6 Å². The first kappa shape index (κ1) is 21.1. The number of carbonyl (C=O) groups is 2. The van der Waals surface area contributed by atoms with Crippen molar-refractivity contribution in [3.05, 3.63) is 23.0 Å². The van der Waals surface area contributed by atoms with Crippen molar-refractivity contribution in [2.75, 3.05) is 0 Å². The van der Waals surface area contributed by atoms with Crippen molar-refractivity contribution in [3.8, 4) is 30.4 Å². The Balaban J connectivity index is 2.68. The summed E-state index contributed by atoms with van der Waals surface area (Å²) in [6, 6.07) is 0. The molecule has 0 aromatic carbocycles. The second kappa shape index (κ2) is 11.5. The molecule has 0 aliphatic heterocycles. The Morgan fingerprint density at radius 1 is 1.08 bits per heavy atom. The van der Waals surface area contributed by atoms with Gasteiger partial charge in [0.2, 0.25) is 0 Å². The van der Waals surface area contributed by atoms with E-state index in [1.54, 1.807) is 6.92 Å². The van der Waals surface area contributed by atoms with Gasteiger partial charge >= 0.3 is 11.9 Å². The van der Waals surface area contributed by atoms with Gasteiger partial charge < -0.3 is 14.6 Å². The molecule has 0 atom stereocenters. The van der Waals surface area contributed by atoms with Crippen LogP contribution in [0.4, 0.5) is 0 Å². The molecular formula is C20H23NO5. The number of terminal acetylenes is 2. The molecule has 0 aliphatic rings. The normalized spacial score (nSPS) is 9.81. The standard InChI is InChI=1S/C20H23NO5/c1-4-6-8-10-18(22)25-13-16-12-21-15(3)20(24)17(16)14-26-19(23)11-9-7-5-2/h1-2,12,24H,6-11,13-14H2,3H3. The smallest absolute Gasteiger partial charge is 0.306 e. The number of hydrogen-bond donors (Lipinski definition) is 1. The highest BCUT2D eigenvalue weighted by molar-refractivity contribution is 5.70. The number of nitrogens with zero attached hydrogens (tertiary/aromatic N) is 1. The van der Waals surface area contributed by atoms with Crippen molar-refractivity contribution >= 4 is 11.9 Å². The van der Waals surface area contributed by atoms with Crippen LogP contribution in [-0.4, -0.2) is 22.0 Å². The minimum absolute atomic E-state index is 0.0697. The molecule has 1 rings (SSSR count). The van der Waals surface area contributed by atoms with Crippen LogP contribution in [0.3, 0.4) is 0 Å². The van der Waals surface area contributed by atoms with Crippen LogP contribution in [0.25, 0.3) is 0 Å². The molecule has 26 heavy (non-hydrogen) atoms. The highest BCUT2D eigenvalue weighted by Gasteiger charge is 2.15. The average Bonchev–Trinajstić information content (AvgIpc) is 2.62. The summed E-state index contributed by atoms with van der Waals surface area (Å²) >= 11 is 0. The van der Waals surface area contributed by atoms with Gasteiger partial charge in [0.25, 0.3) is 0 Å². The van der Waals surface area contributed by atoms with E-state index in [1.165, 1.54) is 6.20 Å². The van der Waals surface area contributed by atoms with E-state index < -0.39 is 11.9 Å². The number of ether oxygens (including phenoxy) is 2. The van der Waals surface area contributed by atoms with E-state index in [2.05, 4.69) is 16.8 Å². The molecule has 0 amide bonds. The van der Waals surface area contributed by atoms with Crippen LogP contribution in [0.15, 0.2) is 6.20 Å². The lowest BCUT2D eigenvalue weighted by atomic mass is 10.1. The van der Waals surface area contributed by atoms with Crippen molar-refractivity contribution in [2.24, 2.45) is 0 Å². The summed E-state index contributed by atoms with van der Waals surface area (Å²) in [6.45, 7) is 1.43. The Morgan fingerprint density at radius 3 is 2.15 bits per heavy atom. The van der Waals surface area contributed by atoms with Gasteiger partial charge in [0.1, 0.15) is 19.0 Å². The second-order valence-corrected chi connectivity index (χ2v) is 5.63. The number of aromatic hydroxyl groups is 1. The molecule has 138 valence electrons. The van der Waals surface area contributed by atoms with Gasteiger partial charge in [0, 0.05) is 43.0 Å². The van der Waals surface area contributed by atoms with Gasteiger partial charge in [-0.15, -0.1) is 24.7 Å². The summed E-state index contributed by atoms with van der Waals surface area (Å²) in [5.74, 6) is 4.02. The highest BCUT2D eigenvalue weighted by atomic mass is 16.5. The molecule has 0 saturated heterocycles. The van der Waals surface area contributed by atoms with Gasteiger partial charge in [0.15, 0.2) is 0 Å². The van der Waals surface area contributed by atoms with Gasteiger partial charge in [-0.2, -0.15) is 0 Å². The SMILES string of the molecule is C#CCCCC(=O)OCc1cnc(C)c(O)c1COC(=O)CCCC#C. The van der Waals surface area contributed by atoms with Crippen molar-refractivity contribution in [1.29, 1.82) is 0 Å². The van der Waals surface area contributed by atoms with Crippen molar-refractivity contribution in [2.45, 2.75) is 58.7 Å². The fourth-order valence-electron chi connectivity index (χ4n) is 2.09.